The van der Waals surface area contributed by atoms with Crippen LogP contribution in [0.5, 0.6) is 0 Å². The fraction of sp³-hybridized carbons (Fsp3) is 0.400. The Morgan fingerprint density at radius 1 is 1.00 bits per heavy atom. The molecule has 6 nitrogen and oxygen atoms in total. The maximum Gasteiger partial charge on any atom is 0.227 e. The lowest BCUT2D eigenvalue weighted by Gasteiger charge is -2.35. The van der Waals surface area contributed by atoms with Gasteiger partial charge in [-0.15, -0.1) is 0 Å². The maximum atomic E-state index is 12.7. The molecule has 31 heavy (non-hydrogen) atoms. The number of hydrogen-bond donors (Lipinski definition) is 1. The van der Waals surface area contributed by atoms with Gasteiger partial charge in [0.05, 0.1) is 11.0 Å². The molecule has 1 aromatic heterocycles. The molecule has 0 spiro atoms. The first-order valence-electron chi connectivity index (χ1n) is 10.9. The molecule has 0 unspecified atom stereocenters. The van der Waals surface area contributed by atoms with Crippen LogP contribution < -0.4 is 5.32 Å². The summed E-state index contributed by atoms with van der Waals surface area (Å²) in [4.78, 5) is 31.8. The van der Waals surface area contributed by atoms with Gasteiger partial charge in [0, 0.05) is 42.7 Å². The van der Waals surface area contributed by atoms with Gasteiger partial charge in [-0.05, 0) is 49.2 Å². The van der Waals surface area contributed by atoms with Gasteiger partial charge in [-0.1, -0.05) is 32.9 Å². The molecule has 1 saturated heterocycles. The number of piperidine rings is 1. The Bertz CT molecular complexity index is 1100. The smallest absolute Gasteiger partial charge is 0.227 e. The van der Waals surface area contributed by atoms with Crippen molar-refractivity contribution in [3.8, 4) is 11.4 Å². The number of fused-ring (bicyclic) bond motifs is 1. The van der Waals surface area contributed by atoms with E-state index in [-0.39, 0.29) is 23.1 Å². The summed E-state index contributed by atoms with van der Waals surface area (Å²) < 4.78 is 2.08. The molecule has 3 aromatic rings. The summed E-state index contributed by atoms with van der Waals surface area (Å²) in [5.41, 5.74) is 3.46. The molecule has 4 rings (SSSR count). The molecule has 0 saturated carbocycles. The van der Waals surface area contributed by atoms with Crippen molar-refractivity contribution in [1.29, 1.82) is 0 Å². The number of nitrogens with one attached hydrogen (secondary N) is 1. The van der Waals surface area contributed by atoms with Crippen LogP contribution >= 0.6 is 0 Å². The zero-order chi connectivity index (χ0) is 22.2. The minimum absolute atomic E-state index is 0.0262. The largest absolute Gasteiger partial charge is 0.342 e. The number of anilines is 1. The van der Waals surface area contributed by atoms with Crippen molar-refractivity contribution >= 4 is 28.5 Å². The Balaban J connectivity index is 1.39. The molecule has 0 aliphatic carbocycles. The van der Waals surface area contributed by atoms with Crippen LogP contribution in [-0.4, -0.2) is 39.4 Å². The summed E-state index contributed by atoms with van der Waals surface area (Å²) in [6.07, 6.45) is 1.40. The number of benzene rings is 2. The van der Waals surface area contributed by atoms with Crippen LogP contribution in [0.3, 0.4) is 0 Å². The Hall–Kier alpha value is -3.15. The fourth-order valence-corrected chi connectivity index (χ4v) is 4.17. The molecule has 1 N–H and O–H groups in total. The lowest BCUT2D eigenvalue weighted by Crippen LogP contribution is -2.45. The molecule has 1 aliphatic heterocycles. The summed E-state index contributed by atoms with van der Waals surface area (Å²) >= 11 is 0. The van der Waals surface area contributed by atoms with E-state index in [0.717, 1.165) is 28.1 Å². The lowest BCUT2D eigenvalue weighted by atomic mass is 9.90. The van der Waals surface area contributed by atoms with E-state index in [1.54, 1.807) is 0 Å². The van der Waals surface area contributed by atoms with Crippen molar-refractivity contribution < 1.29 is 9.59 Å². The second-order valence-electron chi connectivity index (χ2n) is 9.37. The van der Waals surface area contributed by atoms with Crippen LogP contribution in [0.1, 0.15) is 33.6 Å². The average Bonchev–Trinajstić information content (AvgIpc) is 3.10. The summed E-state index contributed by atoms with van der Waals surface area (Å²) in [5, 5.41) is 3.04. The maximum absolute atomic E-state index is 12.7. The van der Waals surface area contributed by atoms with Crippen LogP contribution in [0.15, 0.2) is 48.5 Å². The number of amides is 2. The van der Waals surface area contributed by atoms with E-state index < -0.39 is 0 Å². The molecular formula is C25H30N4O2. The van der Waals surface area contributed by atoms with Crippen molar-refractivity contribution in [3.05, 3.63) is 48.5 Å². The number of aryl methyl sites for hydroxylation is 1. The SMILES string of the molecule is Cn1c(-c2ccc(NC(=O)C3CCN(C(=O)C(C)(C)C)CC3)cc2)nc2ccccc21. The second-order valence-corrected chi connectivity index (χ2v) is 9.37. The summed E-state index contributed by atoms with van der Waals surface area (Å²) in [7, 11) is 2.01. The predicted molar refractivity (Wildman–Crippen MR) is 124 cm³/mol. The molecule has 162 valence electrons. The average molecular weight is 419 g/mol. The standard InChI is InChI=1S/C25H30N4O2/c1-25(2,3)24(31)29-15-13-18(14-16-29)23(30)26-19-11-9-17(10-12-19)22-27-20-7-5-6-8-21(20)28(22)4/h5-12,18H,13-16H2,1-4H3,(H,26,30). The second kappa shape index (κ2) is 8.17. The highest BCUT2D eigenvalue weighted by Crippen LogP contribution is 2.27. The van der Waals surface area contributed by atoms with E-state index in [1.807, 2.05) is 75.2 Å². The third kappa shape index (κ3) is 4.33. The van der Waals surface area contributed by atoms with Crippen LogP contribution in [0, 0.1) is 11.3 Å². The van der Waals surface area contributed by atoms with Crippen molar-refractivity contribution in [3.63, 3.8) is 0 Å². The number of carbonyl (C=O) groups is 2. The molecular weight excluding hydrogens is 388 g/mol. The Kier molecular flexibility index (Phi) is 5.56. The number of likely N-dealkylation sites (tertiary alicyclic amines) is 1. The number of imidazole rings is 1. The van der Waals surface area contributed by atoms with Gasteiger partial charge in [0.15, 0.2) is 0 Å². The number of carbonyl (C=O) groups excluding carboxylic acids is 2. The quantitative estimate of drug-likeness (QED) is 0.683. The minimum Gasteiger partial charge on any atom is -0.342 e. The molecule has 2 heterocycles. The molecule has 0 atom stereocenters. The normalized spacial score (nSPS) is 15.3. The molecule has 0 bridgehead atoms. The predicted octanol–water partition coefficient (Wildman–Crippen LogP) is 4.46. The van der Waals surface area contributed by atoms with Gasteiger partial charge in [-0.2, -0.15) is 0 Å². The topological polar surface area (TPSA) is 67.2 Å². The third-order valence-corrected chi connectivity index (χ3v) is 5.99. The van der Waals surface area contributed by atoms with Crippen LogP contribution in [0.2, 0.25) is 0 Å². The van der Waals surface area contributed by atoms with Crippen LogP contribution in [-0.2, 0) is 16.6 Å². The van der Waals surface area contributed by atoms with Crippen molar-refractivity contribution in [2.75, 3.05) is 18.4 Å². The Morgan fingerprint density at radius 3 is 2.26 bits per heavy atom. The third-order valence-electron chi connectivity index (χ3n) is 5.99. The summed E-state index contributed by atoms with van der Waals surface area (Å²) in [6, 6.07) is 15.9. The zero-order valence-electron chi connectivity index (χ0n) is 18.7. The zero-order valence-corrected chi connectivity index (χ0v) is 18.7. The highest BCUT2D eigenvalue weighted by Gasteiger charge is 2.32. The van der Waals surface area contributed by atoms with E-state index in [9.17, 15) is 9.59 Å². The van der Waals surface area contributed by atoms with Gasteiger partial charge in [0.1, 0.15) is 5.82 Å². The summed E-state index contributed by atoms with van der Waals surface area (Å²) in [5.74, 6) is 1.01. The van der Waals surface area contributed by atoms with Crippen molar-refractivity contribution in [1.82, 2.24) is 14.5 Å². The molecule has 1 aliphatic rings. The van der Waals surface area contributed by atoms with E-state index >= 15 is 0 Å². The molecule has 6 heteroatoms. The first kappa shape index (κ1) is 21.1. The van der Waals surface area contributed by atoms with Gasteiger partial charge in [-0.3, -0.25) is 9.59 Å². The highest BCUT2D eigenvalue weighted by atomic mass is 16.2. The Labute approximate surface area is 183 Å². The van der Waals surface area contributed by atoms with E-state index in [1.165, 1.54) is 0 Å². The monoisotopic (exact) mass is 418 g/mol. The van der Waals surface area contributed by atoms with Crippen molar-refractivity contribution in [2.24, 2.45) is 18.4 Å². The molecule has 1 fully saturated rings. The van der Waals surface area contributed by atoms with Gasteiger partial charge < -0.3 is 14.8 Å². The van der Waals surface area contributed by atoms with Crippen LogP contribution in [0.25, 0.3) is 22.4 Å². The van der Waals surface area contributed by atoms with Crippen LogP contribution in [0.4, 0.5) is 5.69 Å². The number of para-hydroxylation sites is 2. The molecule has 0 radical (unpaired) electrons. The lowest BCUT2D eigenvalue weighted by molar-refractivity contribution is -0.142. The van der Waals surface area contributed by atoms with Gasteiger partial charge >= 0.3 is 0 Å². The number of rotatable bonds is 3. The molecule has 2 amide bonds. The first-order chi connectivity index (χ1) is 14.7. The van der Waals surface area contributed by atoms with E-state index in [0.29, 0.717) is 25.9 Å². The van der Waals surface area contributed by atoms with Gasteiger partial charge in [0.2, 0.25) is 11.8 Å². The number of hydrogen-bond acceptors (Lipinski definition) is 3. The minimum atomic E-state index is -0.379. The fourth-order valence-electron chi connectivity index (χ4n) is 4.17. The van der Waals surface area contributed by atoms with Gasteiger partial charge in [0.25, 0.3) is 0 Å². The highest BCUT2D eigenvalue weighted by molar-refractivity contribution is 5.93. The number of aromatic nitrogens is 2. The van der Waals surface area contributed by atoms with Crippen molar-refractivity contribution in [2.45, 2.75) is 33.6 Å². The molecule has 2 aromatic carbocycles. The van der Waals surface area contributed by atoms with E-state index in [4.69, 9.17) is 4.98 Å². The first-order valence-corrected chi connectivity index (χ1v) is 10.9. The summed E-state index contributed by atoms with van der Waals surface area (Å²) in [6.45, 7) is 7.09. The number of nitrogens with zero attached hydrogens (tertiary/aromatic N) is 3. The Morgan fingerprint density at radius 2 is 1.65 bits per heavy atom. The van der Waals surface area contributed by atoms with E-state index in [2.05, 4.69) is 16.0 Å². The van der Waals surface area contributed by atoms with Gasteiger partial charge in [-0.25, -0.2) is 4.98 Å².